The number of rotatable bonds is 2. The quantitative estimate of drug-likeness (QED) is 0.704. The van der Waals surface area contributed by atoms with Gasteiger partial charge in [-0.05, 0) is 42.8 Å². The van der Waals surface area contributed by atoms with Gasteiger partial charge < -0.3 is 15.4 Å². The molecular weight excluding hydrogens is 262 g/mol. The molecule has 0 spiro atoms. The van der Waals surface area contributed by atoms with Gasteiger partial charge in [-0.1, -0.05) is 12.1 Å². The summed E-state index contributed by atoms with van der Waals surface area (Å²) in [4.78, 5) is 0. The second-order valence-electron chi connectivity index (χ2n) is 4.90. The van der Waals surface area contributed by atoms with E-state index in [1.807, 2.05) is 37.3 Å². The molecule has 0 atom stereocenters. The smallest absolute Gasteiger partial charge is 0.116 e. The van der Waals surface area contributed by atoms with Gasteiger partial charge in [0.1, 0.15) is 11.8 Å². The van der Waals surface area contributed by atoms with Crippen LogP contribution in [0.5, 0.6) is 5.75 Å². The van der Waals surface area contributed by atoms with Crippen molar-refractivity contribution in [3.63, 3.8) is 0 Å². The lowest BCUT2D eigenvalue weighted by Gasteiger charge is -2.08. The Morgan fingerprint density at radius 3 is 2.52 bits per heavy atom. The van der Waals surface area contributed by atoms with Crippen molar-refractivity contribution >= 4 is 16.6 Å². The Kier molecular flexibility index (Phi) is 3.03. The van der Waals surface area contributed by atoms with E-state index in [-0.39, 0.29) is 5.75 Å². The number of nitriles is 1. The van der Waals surface area contributed by atoms with Crippen LogP contribution in [0.3, 0.4) is 0 Å². The standard InChI is InChI=1S/C17H15N3O/c1-2-20-16-8-7-13(21)9-14(16)15(10-18)17(20)11-3-5-12(19)6-4-11/h3-9,21H,2,19H2,1H3. The topological polar surface area (TPSA) is 75.0 Å². The molecule has 0 aliphatic rings. The van der Waals surface area contributed by atoms with Crippen LogP contribution in [0.1, 0.15) is 12.5 Å². The number of phenols is 1. The molecule has 21 heavy (non-hydrogen) atoms. The number of fused-ring (bicyclic) bond motifs is 1. The Morgan fingerprint density at radius 2 is 1.90 bits per heavy atom. The van der Waals surface area contributed by atoms with E-state index in [0.29, 0.717) is 11.3 Å². The van der Waals surface area contributed by atoms with Gasteiger partial charge in [-0.2, -0.15) is 5.26 Å². The number of nitrogens with zero attached hydrogens (tertiary/aromatic N) is 2. The molecule has 3 rings (SSSR count). The number of nitrogens with two attached hydrogens (primary N) is 1. The zero-order valence-electron chi connectivity index (χ0n) is 11.7. The molecule has 0 aliphatic heterocycles. The van der Waals surface area contributed by atoms with E-state index in [1.54, 1.807) is 12.1 Å². The van der Waals surface area contributed by atoms with E-state index < -0.39 is 0 Å². The van der Waals surface area contributed by atoms with Crippen LogP contribution in [-0.4, -0.2) is 9.67 Å². The highest BCUT2D eigenvalue weighted by Gasteiger charge is 2.18. The van der Waals surface area contributed by atoms with Crippen LogP contribution in [0.15, 0.2) is 42.5 Å². The van der Waals surface area contributed by atoms with Crippen LogP contribution in [0.4, 0.5) is 5.69 Å². The van der Waals surface area contributed by atoms with Gasteiger partial charge in [0, 0.05) is 17.6 Å². The Morgan fingerprint density at radius 1 is 1.19 bits per heavy atom. The van der Waals surface area contributed by atoms with E-state index in [2.05, 4.69) is 10.6 Å². The highest BCUT2D eigenvalue weighted by molar-refractivity contribution is 5.95. The highest BCUT2D eigenvalue weighted by Crippen LogP contribution is 2.35. The maximum absolute atomic E-state index is 9.69. The first-order valence-corrected chi connectivity index (χ1v) is 6.77. The zero-order valence-corrected chi connectivity index (χ0v) is 11.7. The highest BCUT2D eigenvalue weighted by atomic mass is 16.3. The Hall–Kier alpha value is -2.93. The number of phenolic OH excluding ortho intramolecular Hbond substituents is 1. The predicted octanol–water partition coefficient (Wildman–Crippen LogP) is 3.49. The number of aryl methyl sites for hydroxylation is 1. The van der Waals surface area contributed by atoms with Crippen LogP contribution in [0.2, 0.25) is 0 Å². The van der Waals surface area contributed by atoms with E-state index in [1.165, 1.54) is 0 Å². The molecular formula is C17H15N3O. The first-order chi connectivity index (χ1) is 10.2. The number of hydrogen-bond acceptors (Lipinski definition) is 3. The maximum Gasteiger partial charge on any atom is 0.116 e. The van der Waals surface area contributed by atoms with Crippen LogP contribution >= 0.6 is 0 Å². The van der Waals surface area contributed by atoms with E-state index in [9.17, 15) is 10.4 Å². The summed E-state index contributed by atoms with van der Waals surface area (Å²) in [5.41, 5.74) is 9.75. The summed E-state index contributed by atoms with van der Waals surface area (Å²) in [6.45, 7) is 2.77. The summed E-state index contributed by atoms with van der Waals surface area (Å²) >= 11 is 0. The third kappa shape index (κ3) is 2.00. The van der Waals surface area contributed by atoms with Gasteiger partial charge in [0.25, 0.3) is 0 Å². The number of nitrogen functional groups attached to an aromatic ring is 1. The molecule has 0 unspecified atom stereocenters. The van der Waals surface area contributed by atoms with Crippen molar-refractivity contribution in [1.82, 2.24) is 4.57 Å². The molecule has 1 aromatic heterocycles. The Balaban J connectivity index is 2.40. The molecule has 2 aromatic carbocycles. The summed E-state index contributed by atoms with van der Waals surface area (Å²) in [7, 11) is 0. The fourth-order valence-corrected chi connectivity index (χ4v) is 2.73. The summed E-state index contributed by atoms with van der Waals surface area (Å²) in [5.74, 6) is 0.163. The molecule has 0 saturated heterocycles. The first kappa shape index (κ1) is 13.1. The molecule has 0 fully saturated rings. The lowest BCUT2D eigenvalue weighted by Crippen LogP contribution is -1.97. The van der Waals surface area contributed by atoms with Gasteiger partial charge in [-0.15, -0.1) is 0 Å². The monoisotopic (exact) mass is 277 g/mol. The van der Waals surface area contributed by atoms with Crippen LogP contribution in [0.25, 0.3) is 22.2 Å². The summed E-state index contributed by atoms with van der Waals surface area (Å²) in [6, 6.07) is 14.9. The molecule has 0 amide bonds. The minimum absolute atomic E-state index is 0.163. The van der Waals surface area contributed by atoms with Crippen LogP contribution < -0.4 is 5.73 Å². The third-order valence-electron chi connectivity index (χ3n) is 3.66. The first-order valence-electron chi connectivity index (χ1n) is 6.77. The zero-order chi connectivity index (χ0) is 15.0. The molecule has 4 nitrogen and oxygen atoms in total. The Bertz CT molecular complexity index is 854. The van der Waals surface area contributed by atoms with Gasteiger partial charge in [0.15, 0.2) is 0 Å². The van der Waals surface area contributed by atoms with E-state index in [4.69, 9.17) is 5.73 Å². The van der Waals surface area contributed by atoms with Crippen molar-refractivity contribution in [2.45, 2.75) is 13.5 Å². The van der Waals surface area contributed by atoms with Crippen molar-refractivity contribution in [3.8, 4) is 23.1 Å². The van der Waals surface area contributed by atoms with Crippen molar-refractivity contribution in [2.24, 2.45) is 0 Å². The lowest BCUT2D eigenvalue weighted by atomic mass is 10.1. The average molecular weight is 277 g/mol. The number of benzene rings is 2. The normalized spacial score (nSPS) is 10.7. The molecule has 0 aliphatic carbocycles. The minimum Gasteiger partial charge on any atom is -0.508 e. The molecule has 3 N–H and O–H groups in total. The summed E-state index contributed by atoms with van der Waals surface area (Å²) in [6.07, 6.45) is 0. The van der Waals surface area contributed by atoms with Crippen molar-refractivity contribution in [3.05, 3.63) is 48.0 Å². The molecule has 4 heteroatoms. The minimum atomic E-state index is 0.163. The van der Waals surface area contributed by atoms with Crippen LogP contribution in [0, 0.1) is 11.3 Å². The van der Waals surface area contributed by atoms with Gasteiger partial charge in [-0.3, -0.25) is 0 Å². The second kappa shape index (κ2) is 4.88. The molecule has 0 bridgehead atoms. The number of anilines is 1. The SMILES string of the molecule is CCn1c(-c2ccc(N)cc2)c(C#N)c2cc(O)ccc21. The number of hydrogen-bond donors (Lipinski definition) is 2. The van der Waals surface area contributed by atoms with Gasteiger partial charge >= 0.3 is 0 Å². The fourth-order valence-electron chi connectivity index (χ4n) is 2.73. The van der Waals surface area contributed by atoms with Crippen molar-refractivity contribution in [2.75, 3.05) is 5.73 Å². The van der Waals surface area contributed by atoms with Crippen LogP contribution in [-0.2, 0) is 6.54 Å². The van der Waals surface area contributed by atoms with E-state index >= 15 is 0 Å². The fraction of sp³-hybridized carbons (Fsp3) is 0.118. The Labute approximate surface area is 122 Å². The molecule has 0 saturated carbocycles. The predicted molar refractivity (Wildman–Crippen MR) is 83.8 cm³/mol. The molecule has 104 valence electrons. The maximum atomic E-state index is 9.69. The number of aromatic nitrogens is 1. The van der Waals surface area contributed by atoms with Gasteiger partial charge in [-0.25, -0.2) is 0 Å². The molecule has 1 heterocycles. The van der Waals surface area contributed by atoms with E-state index in [0.717, 1.165) is 28.7 Å². The lowest BCUT2D eigenvalue weighted by molar-refractivity contribution is 0.476. The van der Waals surface area contributed by atoms with Crippen molar-refractivity contribution < 1.29 is 5.11 Å². The summed E-state index contributed by atoms with van der Waals surface area (Å²) in [5, 5.41) is 20.0. The largest absolute Gasteiger partial charge is 0.508 e. The molecule has 3 aromatic rings. The van der Waals surface area contributed by atoms with Crippen molar-refractivity contribution in [1.29, 1.82) is 5.26 Å². The van der Waals surface area contributed by atoms with Gasteiger partial charge in [0.05, 0.1) is 16.8 Å². The molecule has 0 radical (unpaired) electrons. The second-order valence-corrected chi connectivity index (χ2v) is 4.90. The van der Waals surface area contributed by atoms with Gasteiger partial charge in [0.2, 0.25) is 0 Å². The number of aromatic hydroxyl groups is 1. The average Bonchev–Trinajstić information content (AvgIpc) is 2.80. The summed E-state index contributed by atoms with van der Waals surface area (Å²) < 4.78 is 2.08. The third-order valence-corrected chi connectivity index (χ3v) is 3.66.